The summed E-state index contributed by atoms with van der Waals surface area (Å²) in [6.07, 6.45) is 0.608. The summed E-state index contributed by atoms with van der Waals surface area (Å²) in [6, 6.07) is 0. The zero-order chi connectivity index (χ0) is 4.99. The largest absolute Gasteiger partial charge is 0.409 e. The van der Waals surface area contributed by atoms with Crippen molar-refractivity contribution in [2.75, 3.05) is 0 Å². The maximum absolute atomic E-state index is 7.80. The molecule has 3 N–H and O–H groups in total. The third-order valence-corrected chi connectivity index (χ3v) is 0.491. The van der Waals surface area contributed by atoms with Crippen molar-refractivity contribution < 1.29 is 5.21 Å². The summed E-state index contributed by atoms with van der Waals surface area (Å²) in [6.45, 7) is 1.81. The van der Waals surface area contributed by atoms with Gasteiger partial charge in [0, 0.05) is 6.42 Å². The van der Waals surface area contributed by atoms with Crippen LogP contribution in [0, 0.1) is 0 Å². The second kappa shape index (κ2) is 5.56. The number of nitrogens with two attached hydrogens (primary N) is 1. The fourth-order valence-electron chi connectivity index (χ4n) is 0.0707. The van der Waals surface area contributed by atoms with Crippen LogP contribution >= 0.6 is 12.4 Å². The second-order valence-corrected chi connectivity index (χ2v) is 0.945. The van der Waals surface area contributed by atoms with Gasteiger partial charge in [-0.1, -0.05) is 12.1 Å². The molecule has 0 unspecified atom stereocenters. The summed E-state index contributed by atoms with van der Waals surface area (Å²) in [7, 11) is 0. The number of rotatable bonds is 1. The maximum atomic E-state index is 7.80. The first-order valence-corrected chi connectivity index (χ1v) is 1.77. The van der Waals surface area contributed by atoms with E-state index in [4.69, 9.17) is 10.9 Å². The van der Waals surface area contributed by atoms with Crippen molar-refractivity contribution in [3.05, 3.63) is 0 Å². The Morgan fingerprint density at radius 2 is 2.29 bits per heavy atom. The molecule has 0 saturated heterocycles. The van der Waals surface area contributed by atoms with Gasteiger partial charge < -0.3 is 10.9 Å². The fourth-order valence-corrected chi connectivity index (χ4v) is 0.0707. The molecular weight excluding hydrogens is 115 g/mol. The summed E-state index contributed by atoms with van der Waals surface area (Å²) in [5.74, 6) is 0.273. The number of nitrogens with zero attached hydrogens (tertiary/aromatic N) is 1. The van der Waals surface area contributed by atoms with Crippen LogP contribution in [-0.2, 0) is 0 Å². The standard InChI is InChI=1S/C3H8N2O.ClH/c1-2-3(4)5-6;/h6H,2H2,1H3,(H2,4,5);1H. The minimum atomic E-state index is 0. The molecule has 3 nitrogen and oxygen atoms in total. The molecule has 0 bridgehead atoms. The minimum Gasteiger partial charge on any atom is -0.409 e. The van der Waals surface area contributed by atoms with E-state index < -0.39 is 0 Å². The van der Waals surface area contributed by atoms with Gasteiger partial charge in [0.2, 0.25) is 0 Å². The van der Waals surface area contributed by atoms with Crippen LogP contribution in [-0.4, -0.2) is 11.0 Å². The number of amidine groups is 1. The molecule has 0 aromatic heterocycles. The van der Waals surface area contributed by atoms with Gasteiger partial charge >= 0.3 is 0 Å². The minimum absolute atomic E-state index is 0. The van der Waals surface area contributed by atoms with Crippen molar-refractivity contribution in [1.82, 2.24) is 0 Å². The van der Waals surface area contributed by atoms with E-state index >= 15 is 0 Å². The summed E-state index contributed by atoms with van der Waals surface area (Å²) in [5, 5.41) is 10.5. The van der Waals surface area contributed by atoms with Crippen LogP contribution in [0.3, 0.4) is 0 Å². The first-order chi connectivity index (χ1) is 2.81. The lowest BCUT2D eigenvalue weighted by Gasteiger charge is -1.82. The Labute approximate surface area is 48.6 Å². The molecule has 0 aliphatic carbocycles. The highest BCUT2D eigenvalue weighted by molar-refractivity contribution is 5.85. The van der Waals surface area contributed by atoms with Gasteiger partial charge in [0.15, 0.2) is 0 Å². The van der Waals surface area contributed by atoms with E-state index in [0.717, 1.165) is 0 Å². The van der Waals surface area contributed by atoms with Crippen LogP contribution in [0.15, 0.2) is 5.16 Å². The van der Waals surface area contributed by atoms with Crippen molar-refractivity contribution >= 4 is 18.2 Å². The molecule has 0 rings (SSSR count). The Balaban J connectivity index is 0. The molecule has 4 heteroatoms. The smallest absolute Gasteiger partial charge is 0.138 e. The zero-order valence-electron chi connectivity index (χ0n) is 4.09. The molecule has 0 amide bonds. The van der Waals surface area contributed by atoms with Gasteiger partial charge in [-0.3, -0.25) is 0 Å². The van der Waals surface area contributed by atoms with E-state index in [2.05, 4.69) is 5.16 Å². The first kappa shape index (κ1) is 9.75. The van der Waals surface area contributed by atoms with Gasteiger partial charge in [0.25, 0.3) is 0 Å². The highest BCUT2D eigenvalue weighted by Crippen LogP contribution is 1.70. The van der Waals surface area contributed by atoms with Gasteiger partial charge in [-0.2, -0.15) is 0 Å². The summed E-state index contributed by atoms with van der Waals surface area (Å²) in [4.78, 5) is 0. The SMILES string of the molecule is CC/C(N)=N\O.Cl. The van der Waals surface area contributed by atoms with Crippen LogP contribution in [0.4, 0.5) is 0 Å². The average Bonchev–Trinajstić information content (AvgIpc) is 1.65. The van der Waals surface area contributed by atoms with Gasteiger partial charge in [-0.15, -0.1) is 12.4 Å². The molecule has 0 heterocycles. The Morgan fingerprint density at radius 1 is 1.86 bits per heavy atom. The molecule has 0 fully saturated rings. The van der Waals surface area contributed by atoms with Crippen molar-refractivity contribution in [2.24, 2.45) is 10.9 Å². The van der Waals surface area contributed by atoms with E-state index in [1.807, 2.05) is 6.92 Å². The summed E-state index contributed by atoms with van der Waals surface area (Å²) >= 11 is 0. The molecule has 44 valence electrons. The quantitative estimate of drug-likeness (QED) is 0.232. The van der Waals surface area contributed by atoms with Crippen LogP contribution < -0.4 is 5.73 Å². The van der Waals surface area contributed by atoms with Crippen LogP contribution in [0.2, 0.25) is 0 Å². The molecule has 0 aromatic carbocycles. The van der Waals surface area contributed by atoms with Gasteiger partial charge in [0.05, 0.1) is 0 Å². The number of hydrogen-bond donors (Lipinski definition) is 2. The monoisotopic (exact) mass is 124 g/mol. The summed E-state index contributed by atoms with van der Waals surface area (Å²) in [5.41, 5.74) is 4.97. The van der Waals surface area contributed by atoms with E-state index in [1.54, 1.807) is 0 Å². The normalized spacial score (nSPS) is 10.1. The third-order valence-electron chi connectivity index (χ3n) is 0.491. The molecule has 0 aliphatic heterocycles. The molecule has 0 spiro atoms. The van der Waals surface area contributed by atoms with E-state index in [9.17, 15) is 0 Å². The number of halogens is 1. The fraction of sp³-hybridized carbons (Fsp3) is 0.667. The molecule has 7 heavy (non-hydrogen) atoms. The maximum Gasteiger partial charge on any atom is 0.138 e. The topological polar surface area (TPSA) is 58.6 Å². The van der Waals surface area contributed by atoms with Crippen molar-refractivity contribution in [3.63, 3.8) is 0 Å². The van der Waals surface area contributed by atoms with Crippen molar-refractivity contribution in [1.29, 1.82) is 0 Å². The highest BCUT2D eigenvalue weighted by atomic mass is 35.5. The number of oxime groups is 1. The molecule has 0 radical (unpaired) electrons. The Hall–Kier alpha value is -0.440. The lowest BCUT2D eigenvalue weighted by Crippen LogP contribution is -2.08. The molecular formula is C3H9ClN2O. The zero-order valence-corrected chi connectivity index (χ0v) is 4.90. The summed E-state index contributed by atoms with van der Waals surface area (Å²) < 4.78 is 0. The highest BCUT2D eigenvalue weighted by Gasteiger charge is 1.78. The number of hydrogen-bond acceptors (Lipinski definition) is 2. The Morgan fingerprint density at radius 3 is 2.29 bits per heavy atom. The predicted octanol–water partition coefficient (Wildman–Crippen LogP) is 0.565. The van der Waals surface area contributed by atoms with Gasteiger partial charge in [0.1, 0.15) is 5.84 Å². The third kappa shape index (κ3) is 5.56. The molecule has 0 aromatic rings. The van der Waals surface area contributed by atoms with Crippen molar-refractivity contribution in [2.45, 2.75) is 13.3 Å². The first-order valence-electron chi connectivity index (χ1n) is 1.77. The molecule has 0 aliphatic rings. The predicted molar refractivity (Wildman–Crippen MR) is 30.9 cm³/mol. The lowest BCUT2D eigenvalue weighted by atomic mass is 10.5. The van der Waals surface area contributed by atoms with Crippen LogP contribution in [0.5, 0.6) is 0 Å². The van der Waals surface area contributed by atoms with Crippen LogP contribution in [0.25, 0.3) is 0 Å². The second-order valence-electron chi connectivity index (χ2n) is 0.945. The van der Waals surface area contributed by atoms with Gasteiger partial charge in [-0.05, 0) is 0 Å². The molecule has 0 saturated carbocycles. The van der Waals surface area contributed by atoms with Crippen LogP contribution in [0.1, 0.15) is 13.3 Å². The van der Waals surface area contributed by atoms with Gasteiger partial charge in [-0.25, -0.2) is 0 Å². The van der Waals surface area contributed by atoms with E-state index in [-0.39, 0.29) is 18.2 Å². The van der Waals surface area contributed by atoms with E-state index in [1.165, 1.54) is 0 Å². The average molecular weight is 125 g/mol. The molecule has 0 atom stereocenters. The Kier molecular flexibility index (Phi) is 7.75. The van der Waals surface area contributed by atoms with E-state index in [0.29, 0.717) is 6.42 Å². The van der Waals surface area contributed by atoms with Crippen molar-refractivity contribution in [3.8, 4) is 0 Å². The lowest BCUT2D eigenvalue weighted by molar-refractivity contribution is 0.317. The Bertz CT molecular complexity index is 64.0.